The number of aliphatic hydroxyl groups excluding tert-OH is 2. The van der Waals surface area contributed by atoms with Gasteiger partial charge in [-0.15, -0.1) is 0 Å². The molecule has 1 aromatic heterocycles. The van der Waals surface area contributed by atoms with E-state index in [0.29, 0.717) is 10.8 Å². The number of amides is 1. The van der Waals surface area contributed by atoms with Gasteiger partial charge in [-0.2, -0.15) is 13.2 Å². The van der Waals surface area contributed by atoms with Crippen molar-refractivity contribution in [3.8, 4) is 0 Å². The maximum Gasteiger partial charge on any atom is 0.390 e. The zero-order chi connectivity index (χ0) is 17.7. The van der Waals surface area contributed by atoms with Crippen molar-refractivity contribution in [2.75, 3.05) is 19.7 Å². The van der Waals surface area contributed by atoms with Gasteiger partial charge in [0.05, 0.1) is 24.7 Å². The zero-order valence-corrected chi connectivity index (χ0v) is 12.7. The molecule has 0 saturated carbocycles. The molecule has 0 radical (unpaired) electrons. The second-order valence-electron chi connectivity index (χ2n) is 5.36. The van der Waals surface area contributed by atoms with Crippen molar-refractivity contribution in [2.24, 2.45) is 0 Å². The van der Waals surface area contributed by atoms with Crippen LogP contribution in [0.15, 0.2) is 36.7 Å². The Kier molecular flexibility index (Phi) is 5.74. The highest BCUT2D eigenvalue weighted by molar-refractivity contribution is 6.06. The molecule has 5 nitrogen and oxygen atoms in total. The van der Waals surface area contributed by atoms with Gasteiger partial charge in [0.1, 0.15) is 0 Å². The van der Waals surface area contributed by atoms with Crippen molar-refractivity contribution in [2.45, 2.75) is 18.7 Å². The summed E-state index contributed by atoms with van der Waals surface area (Å²) in [6.45, 7) is -1.65. The van der Waals surface area contributed by atoms with Gasteiger partial charge in [0.25, 0.3) is 5.91 Å². The number of hydrogen-bond acceptors (Lipinski definition) is 4. The third kappa shape index (κ3) is 4.65. The van der Waals surface area contributed by atoms with Gasteiger partial charge in [-0.25, -0.2) is 0 Å². The number of fused-ring (bicyclic) bond motifs is 1. The van der Waals surface area contributed by atoms with Crippen molar-refractivity contribution in [1.29, 1.82) is 0 Å². The summed E-state index contributed by atoms with van der Waals surface area (Å²) in [4.78, 5) is 17.5. The Labute approximate surface area is 136 Å². The predicted octanol–water partition coefficient (Wildman–Crippen LogP) is 1.98. The fraction of sp³-hybridized carbons (Fsp3) is 0.375. The molecular formula is C16H17F3N2O3. The van der Waals surface area contributed by atoms with Crippen molar-refractivity contribution in [3.63, 3.8) is 0 Å². The Bertz CT molecular complexity index is 701. The number of hydrogen-bond donors (Lipinski definition) is 2. The van der Waals surface area contributed by atoms with E-state index in [9.17, 15) is 23.1 Å². The van der Waals surface area contributed by atoms with Crippen LogP contribution in [-0.4, -0.2) is 58.0 Å². The van der Waals surface area contributed by atoms with Crippen LogP contribution >= 0.6 is 0 Å². The SMILES string of the molecule is O=C(c1cncc2ccccc12)N(CCC(F)(F)F)C[C@H](O)CO. The normalized spacial score (nSPS) is 13.0. The molecular weight excluding hydrogens is 325 g/mol. The molecule has 0 bridgehead atoms. The Morgan fingerprint density at radius 2 is 1.96 bits per heavy atom. The summed E-state index contributed by atoms with van der Waals surface area (Å²) in [5, 5.41) is 19.7. The van der Waals surface area contributed by atoms with Crippen LogP contribution in [0.5, 0.6) is 0 Å². The lowest BCUT2D eigenvalue weighted by Gasteiger charge is -2.25. The van der Waals surface area contributed by atoms with Gasteiger partial charge >= 0.3 is 6.18 Å². The molecule has 8 heteroatoms. The number of pyridine rings is 1. The molecule has 0 aliphatic carbocycles. The molecule has 1 amide bonds. The first-order valence-electron chi connectivity index (χ1n) is 7.29. The second kappa shape index (κ2) is 7.59. The quantitative estimate of drug-likeness (QED) is 0.842. The minimum atomic E-state index is -4.43. The Morgan fingerprint density at radius 1 is 1.25 bits per heavy atom. The number of aliphatic hydroxyl groups is 2. The van der Waals surface area contributed by atoms with Crippen molar-refractivity contribution < 1.29 is 28.2 Å². The van der Waals surface area contributed by atoms with Crippen LogP contribution in [0.1, 0.15) is 16.8 Å². The van der Waals surface area contributed by atoms with Gasteiger partial charge in [0.2, 0.25) is 0 Å². The molecule has 1 aromatic carbocycles. The van der Waals surface area contributed by atoms with Crippen LogP contribution in [0, 0.1) is 0 Å². The van der Waals surface area contributed by atoms with E-state index in [1.165, 1.54) is 6.20 Å². The third-order valence-electron chi connectivity index (χ3n) is 3.49. The molecule has 2 N–H and O–H groups in total. The zero-order valence-electron chi connectivity index (χ0n) is 12.7. The molecule has 0 saturated heterocycles. The van der Waals surface area contributed by atoms with Gasteiger partial charge in [0, 0.05) is 30.9 Å². The number of benzene rings is 1. The van der Waals surface area contributed by atoms with E-state index in [1.54, 1.807) is 30.5 Å². The molecule has 130 valence electrons. The number of alkyl halides is 3. The molecule has 1 atom stereocenters. The Morgan fingerprint density at radius 3 is 2.62 bits per heavy atom. The van der Waals surface area contributed by atoms with Crippen molar-refractivity contribution in [1.82, 2.24) is 9.88 Å². The standard InChI is InChI=1S/C16H17F3N2O3/c17-16(18,19)5-6-21(9-12(23)10-22)15(24)14-8-20-7-11-3-1-2-4-13(11)14/h1-4,7-8,12,22-23H,5-6,9-10H2/t12-/m0/s1. The van der Waals surface area contributed by atoms with E-state index in [4.69, 9.17) is 5.11 Å². The first-order valence-corrected chi connectivity index (χ1v) is 7.29. The summed E-state index contributed by atoms with van der Waals surface area (Å²) >= 11 is 0. The number of halogens is 3. The summed E-state index contributed by atoms with van der Waals surface area (Å²) in [5.41, 5.74) is 0.153. The molecule has 0 fully saturated rings. The second-order valence-corrected chi connectivity index (χ2v) is 5.36. The van der Waals surface area contributed by atoms with Crippen LogP contribution in [0.25, 0.3) is 10.8 Å². The average molecular weight is 342 g/mol. The molecule has 0 aliphatic rings. The van der Waals surface area contributed by atoms with E-state index >= 15 is 0 Å². The number of aromatic nitrogens is 1. The molecule has 2 aromatic rings. The van der Waals surface area contributed by atoms with Crippen molar-refractivity contribution >= 4 is 16.7 Å². The van der Waals surface area contributed by atoms with Gasteiger partial charge < -0.3 is 15.1 Å². The maximum absolute atomic E-state index is 12.7. The lowest BCUT2D eigenvalue weighted by molar-refractivity contribution is -0.137. The summed E-state index contributed by atoms with van der Waals surface area (Å²) in [5.74, 6) is -0.670. The Hall–Kier alpha value is -2.19. The summed E-state index contributed by atoms with van der Waals surface area (Å²) in [7, 11) is 0. The van der Waals surface area contributed by atoms with E-state index in [1.807, 2.05) is 0 Å². The van der Waals surface area contributed by atoms with Crippen LogP contribution in [0.4, 0.5) is 13.2 Å². The first kappa shape index (κ1) is 18.2. The highest BCUT2D eigenvalue weighted by atomic mass is 19.4. The molecule has 1 heterocycles. The average Bonchev–Trinajstić information content (AvgIpc) is 2.56. The first-order chi connectivity index (χ1) is 11.3. The van der Waals surface area contributed by atoms with Crippen LogP contribution < -0.4 is 0 Å². The summed E-state index contributed by atoms with van der Waals surface area (Å²) < 4.78 is 37.5. The number of carbonyl (C=O) groups excluding carboxylic acids is 1. The molecule has 0 spiro atoms. The van der Waals surface area contributed by atoms with E-state index in [2.05, 4.69) is 4.98 Å². The minimum Gasteiger partial charge on any atom is -0.394 e. The smallest absolute Gasteiger partial charge is 0.390 e. The fourth-order valence-corrected chi connectivity index (χ4v) is 2.31. The number of nitrogens with zero attached hydrogens (tertiary/aromatic N) is 2. The maximum atomic E-state index is 12.7. The highest BCUT2D eigenvalue weighted by Gasteiger charge is 2.30. The van der Waals surface area contributed by atoms with E-state index in [0.717, 1.165) is 4.90 Å². The predicted molar refractivity (Wildman–Crippen MR) is 81.4 cm³/mol. The topological polar surface area (TPSA) is 73.7 Å². The fourth-order valence-electron chi connectivity index (χ4n) is 2.31. The summed E-state index contributed by atoms with van der Waals surface area (Å²) in [6.07, 6.45) is -4.11. The van der Waals surface area contributed by atoms with Gasteiger partial charge in [-0.3, -0.25) is 9.78 Å². The van der Waals surface area contributed by atoms with Crippen LogP contribution in [-0.2, 0) is 0 Å². The van der Waals surface area contributed by atoms with E-state index < -0.39 is 44.3 Å². The molecule has 2 rings (SSSR count). The monoisotopic (exact) mass is 342 g/mol. The van der Waals surface area contributed by atoms with Crippen LogP contribution in [0.2, 0.25) is 0 Å². The lowest BCUT2D eigenvalue weighted by atomic mass is 10.1. The number of rotatable bonds is 6. The number of carbonyl (C=O) groups is 1. The van der Waals surface area contributed by atoms with Gasteiger partial charge in [-0.05, 0) is 5.39 Å². The third-order valence-corrected chi connectivity index (χ3v) is 3.49. The highest BCUT2D eigenvalue weighted by Crippen LogP contribution is 2.22. The molecule has 24 heavy (non-hydrogen) atoms. The molecule has 0 aliphatic heterocycles. The Balaban J connectivity index is 2.31. The largest absolute Gasteiger partial charge is 0.394 e. The summed E-state index contributed by atoms with van der Waals surface area (Å²) in [6, 6.07) is 6.88. The van der Waals surface area contributed by atoms with Gasteiger partial charge in [-0.1, -0.05) is 24.3 Å². The lowest BCUT2D eigenvalue weighted by Crippen LogP contribution is -2.40. The van der Waals surface area contributed by atoms with Gasteiger partial charge in [0.15, 0.2) is 0 Å². The van der Waals surface area contributed by atoms with Crippen molar-refractivity contribution in [3.05, 3.63) is 42.2 Å². The van der Waals surface area contributed by atoms with E-state index in [-0.39, 0.29) is 5.56 Å². The van der Waals surface area contributed by atoms with Crippen LogP contribution in [0.3, 0.4) is 0 Å². The minimum absolute atomic E-state index is 0.153. The molecule has 0 unspecified atom stereocenters.